The number of hydrogen-bond donors (Lipinski definition) is 3. The topological polar surface area (TPSA) is 97.9 Å². The van der Waals surface area contributed by atoms with Crippen LogP contribution in [0.15, 0.2) is 54.6 Å². The lowest BCUT2D eigenvalue weighted by molar-refractivity contribution is -0.137. The van der Waals surface area contributed by atoms with E-state index < -0.39 is 17.8 Å². The highest BCUT2D eigenvalue weighted by Gasteiger charge is 2.30. The molecule has 0 bridgehead atoms. The van der Waals surface area contributed by atoms with Crippen LogP contribution in [0.1, 0.15) is 30.0 Å². The van der Waals surface area contributed by atoms with Crippen molar-refractivity contribution < 1.29 is 18.0 Å². The summed E-state index contributed by atoms with van der Waals surface area (Å²) in [6, 6.07) is 13.0. The number of pyridine rings is 1. The molecule has 0 atom stereocenters. The largest absolute Gasteiger partial charge is 0.416 e. The molecule has 0 aliphatic heterocycles. The van der Waals surface area contributed by atoms with E-state index in [1.165, 1.54) is 12.1 Å². The normalized spacial score (nSPS) is 13.8. The lowest BCUT2D eigenvalue weighted by atomic mass is 10.0. The predicted octanol–water partition coefficient (Wildman–Crippen LogP) is 5.76. The average molecular weight is 466 g/mol. The number of halogens is 3. The van der Waals surface area contributed by atoms with E-state index in [1.807, 2.05) is 12.1 Å². The summed E-state index contributed by atoms with van der Waals surface area (Å²) in [6.45, 7) is 0. The minimum atomic E-state index is -4.49. The Kier molecular flexibility index (Phi) is 5.15. The van der Waals surface area contributed by atoms with Gasteiger partial charge in [0.2, 0.25) is 0 Å². The van der Waals surface area contributed by atoms with Crippen LogP contribution >= 0.6 is 0 Å². The first-order chi connectivity index (χ1) is 16.2. The molecule has 2 aromatic heterocycles. The monoisotopic (exact) mass is 466 g/mol. The fourth-order valence-corrected chi connectivity index (χ4v) is 3.94. The molecule has 174 valence electrons. The number of rotatable bonds is 4. The maximum Gasteiger partial charge on any atom is 0.416 e. The summed E-state index contributed by atoms with van der Waals surface area (Å²) in [5.41, 5.74) is 9.19. The third kappa shape index (κ3) is 4.26. The molecule has 2 amide bonds. The van der Waals surface area contributed by atoms with E-state index in [4.69, 9.17) is 10.7 Å². The summed E-state index contributed by atoms with van der Waals surface area (Å²) in [6.07, 6.45) is -2.32. The van der Waals surface area contributed by atoms with E-state index >= 15 is 0 Å². The molecule has 2 aromatic carbocycles. The minimum Gasteiger partial charge on any atom is -0.382 e. The van der Waals surface area contributed by atoms with Crippen LogP contribution in [0.3, 0.4) is 0 Å². The molecule has 2 heterocycles. The second-order valence-electron chi connectivity index (χ2n) is 8.31. The third-order valence-corrected chi connectivity index (χ3v) is 5.72. The Labute approximate surface area is 192 Å². The Morgan fingerprint density at radius 2 is 1.74 bits per heavy atom. The highest BCUT2D eigenvalue weighted by Crippen LogP contribution is 2.43. The quantitative estimate of drug-likeness (QED) is 0.356. The maximum atomic E-state index is 12.9. The van der Waals surface area contributed by atoms with Gasteiger partial charge in [-0.25, -0.2) is 14.5 Å². The summed E-state index contributed by atoms with van der Waals surface area (Å²) < 4.78 is 40.5. The summed E-state index contributed by atoms with van der Waals surface area (Å²) in [7, 11) is 1.79. The molecule has 1 aliphatic rings. The fraction of sp³-hybridized carbons (Fsp3) is 0.208. The molecule has 4 N–H and O–H groups in total. The number of hydrogen-bond acceptors (Lipinski definition) is 4. The van der Waals surface area contributed by atoms with Gasteiger partial charge in [0.1, 0.15) is 0 Å². The van der Waals surface area contributed by atoms with E-state index in [0.717, 1.165) is 47.2 Å². The number of carbonyl (C=O) groups excluding carboxylic acids is 1. The number of benzene rings is 2. The standard InChI is InChI=1S/C24H21F3N6O/c1-33-22-20(21(28)32-33)18(12-19(31-22)13-8-9-13)14-4-2-6-16(10-14)29-23(34)30-17-7-3-5-15(11-17)24(25,26)27/h2-7,10-13H,8-9H2,1H3,(H2,28,32)(H2,29,30,34). The van der Waals surface area contributed by atoms with Gasteiger partial charge in [0, 0.05) is 30.0 Å². The van der Waals surface area contributed by atoms with Crippen LogP contribution in [-0.4, -0.2) is 20.8 Å². The maximum absolute atomic E-state index is 12.9. The first-order valence-corrected chi connectivity index (χ1v) is 10.7. The number of aryl methyl sites for hydroxylation is 1. The molecule has 10 heteroatoms. The van der Waals surface area contributed by atoms with Gasteiger partial charge < -0.3 is 16.4 Å². The lowest BCUT2D eigenvalue weighted by Gasteiger charge is -2.12. The molecule has 1 aliphatic carbocycles. The molecule has 4 aromatic rings. The number of anilines is 3. The van der Waals surface area contributed by atoms with Gasteiger partial charge in [-0.05, 0) is 60.4 Å². The number of nitrogens with zero attached hydrogens (tertiary/aromatic N) is 3. The van der Waals surface area contributed by atoms with E-state index in [2.05, 4.69) is 15.7 Å². The average Bonchev–Trinajstić information content (AvgIpc) is 3.59. The number of nitrogens with two attached hydrogens (primary N) is 1. The fourth-order valence-electron chi connectivity index (χ4n) is 3.94. The Morgan fingerprint density at radius 3 is 2.41 bits per heavy atom. The summed E-state index contributed by atoms with van der Waals surface area (Å²) in [4.78, 5) is 17.2. The number of aromatic nitrogens is 3. The van der Waals surface area contributed by atoms with Crippen LogP contribution in [0, 0.1) is 0 Å². The molecule has 1 fully saturated rings. The number of fused-ring (bicyclic) bond motifs is 1. The summed E-state index contributed by atoms with van der Waals surface area (Å²) in [5, 5.41) is 10.2. The summed E-state index contributed by atoms with van der Waals surface area (Å²) >= 11 is 0. The molecule has 34 heavy (non-hydrogen) atoms. The van der Waals surface area contributed by atoms with Crippen molar-refractivity contribution in [2.45, 2.75) is 24.9 Å². The SMILES string of the molecule is Cn1nc(N)c2c(-c3cccc(NC(=O)Nc4cccc(C(F)(F)F)c4)c3)cc(C3CC3)nc21. The molecule has 0 spiro atoms. The Bertz CT molecular complexity index is 1410. The molecule has 5 rings (SSSR count). The van der Waals surface area contributed by atoms with Crippen molar-refractivity contribution in [1.82, 2.24) is 14.8 Å². The van der Waals surface area contributed by atoms with Gasteiger partial charge in [0.05, 0.1) is 10.9 Å². The van der Waals surface area contributed by atoms with Gasteiger partial charge in [0.25, 0.3) is 0 Å². The Balaban J connectivity index is 1.43. The molecular formula is C24H21F3N6O. The van der Waals surface area contributed by atoms with E-state index in [9.17, 15) is 18.0 Å². The zero-order valence-electron chi connectivity index (χ0n) is 18.1. The number of carbonyl (C=O) groups is 1. The van der Waals surface area contributed by atoms with E-state index in [-0.39, 0.29) is 5.69 Å². The van der Waals surface area contributed by atoms with Gasteiger partial charge in [-0.1, -0.05) is 18.2 Å². The molecule has 0 unspecified atom stereocenters. The zero-order valence-corrected chi connectivity index (χ0v) is 18.1. The highest BCUT2D eigenvalue weighted by molar-refractivity contribution is 6.03. The van der Waals surface area contributed by atoms with Crippen molar-refractivity contribution in [2.24, 2.45) is 7.05 Å². The number of nitrogens with one attached hydrogen (secondary N) is 2. The first kappa shape index (κ1) is 21.7. The first-order valence-electron chi connectivity index (χ1n) is 10.7. The minimum absolute atomic E-state index is 0.0385. The smallest absolute Gasteiger partial charge is 0.382 e. The van der Waals surface area contributed by atoms with Crippen molar-refractivity contribution in [3.05, 3.63) is 65.9 Å². The van der Waals surface area contributed by atoms with Crippen molar-refractivity contribution in [1.29, 1.82) is 0 Å². The molecule has 0 radical (unpaired) electrons. The zero-order chi connectivity index (χ0) is 24.0. The molecular weight excluding hydrogens is 445 g/mol. The van der Waals surface area contributed by atoms with Crippen LogP contribution in [-0.2, 0) is 13.2 Å². The van der Waals surface area contributed by atoms with Crippen molar-refractivity contribution in [3.8, 4) is 11.1 Å². The van der Waals surface area contributed by atoms with Crippen molar-refractivity contribution in [3.63, 3.8) is 0 Å². The lowest BCUT2D eigenvalue weighted by Crippen LogP contribution is -2.19. The third-order valence-electron chi connectivity index (χ3n) is 5.72. The molecule has 0 saturated heterocycles. The number of urea groups is 1. The number of nitrogen functional groups attached to an aromatic ring is 1. The van der Waals surface area contributed by atoms with Crippen LogP contribution in [0.25, 0.3) is 22.2 Å². The van der Waals surface area contributed by atoms with Gasteiger partial charge >= 0.3 is 12.2 Å². The second kappa shape index (κ2) is 8.05. The van der Waals surface area contributed by atoms with Gasteiger partial charge in [-0.15, -0.1) is 0 Å². The Morgan fingerprint density at radius 1 is 1.06 bits per heavy atom. The number of amides is 2. The van der Waals surface area contributed by atoms with Crippen LogP contribution in [0.5, 0.6) is 0 Å². The van der Waals surface area contributed by atoms with E-state index in [0.29, 0.717) is 23.1 Å². The number of alkyl halides is 3. The second-order valence-corrected chi connectivity index (χ2v) is 8.31. The van der Waals surface area contributed by atoms with Crippen molar-refractivity contribution >= 4 is 34.3 Å². The molecule has 7 nitrogen and oxygen atoms in total. The van der Waals surface area contributed by atoms with Gasteiger partial charge in [-0.3, -0.25) is 0 Å². The van der Waals surface area contributed by atoms with Crippen molar-refractivity contribution in [2.75, 3.05) is 16.4 Å². The van der Waals surface area contributed by atoms with Crippen LogP contribution < -0.4 is 16.4 Å². The van der Waals surface area contributed by atoms with Crippen LogP contribution in [0.2, 0.25) is 0 Å². The summed E-state index contributed by atoms with van der Waals surface area (Å²) in [5.74, 6) is 0.779. The highest BCUT2D eigenvalue weighted by atomic mass is 19.4. The van der Waals surface area contributed by atoms with Gasteiger partial charge in [-0.2, -0.15) is 18.3 Å². The Hall–Kier alpha value is -4.08. The van der Waals surface area contributed by atoms with Gasteiger partial charge in [0.15, 0.2) is 11.5 Å². The molecule has 1 saturated carbocycles. The van der Waals surface area contributed by atoms with E-state index in [1.54, 1.807) is 29.9 Å². The van der Waals surface area contributed by atoms with Crippen LogP contribution in [0.4, 0.5) is 35.2 Å². The predicted molar refractivity (Wildman–Crippen MR) is 124 cm³/mol.